The van der Waals surface area contributed by atoms with Gasteiger partial charge in [-0.1, -0.05) is 199 Å². The topological polar surface area (TPSA) is 331 Å². The molecule has 0 bridgehead atoms. The number of hydrogen-bond donors (Lipinski definition) is 1. The maximum atomic E-state index is 6.59. The lowest BCUT2D eigenvalue weighted by atomic mass is 9.97. The van der Waals surface area contributed by atoms with Gasteiger partial charge in [0, 0.05) is 87.2 Å². The van der Waals surface area contributed by atoms with E-state index in [-0.39, 0.29) is 49.3 Å². The van der Waals surface area contributed by atoms with Crippen molar-refractivity contribution in [1.82, 2.24) is 91.8 Å². The van der Waals surface area contributed by atoms with E-state index in [1.165, 1.54) is 32.1 Å². The van der Waals surface area contributed by atoms with E-state index in [4.69, 9.17) is 41.9 Å². The average molecular weight is 1280 g/mol. The molecule has 9 heterocycles. The molecule has 0 radical (unpaired) electrons. The molecule has 0 amide bonds. The Balaban J connectivity index is 0.000000275. The van der Waals surface area contributed by atoms with Gasteiger partial charge in [-0.25, -0.2) is 0 Å². The van der Waals surface area contributed by atoms with Gasteiger partial charge >= 0.3 is 6.01 Å². The van der Waals surface area contributed by atoms with Gasteiger partial charge in [0.1, 0.15) is 0 Å². The number of aryl methyl sites for hydroxylation is 2. The first-order valence-corrected chi connectivity index (χ1v) is 31.4. The minimum atomic E-state index is -0.171. The molecule has 0 unspecified atom stereocenters. The van der Waals surface area contributed by atoms with Crippen LogP contribution in [0.15, 0.2) is 41.7 Å². The quantitative estimate of drug-likeness (QED) is 0.156. The molecule has 1 aliphatic heterocycles. The zero-order chi connectivity index (χ0) is 70.0. The molecule has 0 atom stereocenters. The third kappa shape index (κ3) is 27.4. The van der Waals surface area contributed by atoms with Crippen LogP contribution in [-0.2, 0) is 49.9 Å². The van der Waals surface area contributed by atoms with Crippen molar-refractivity contribution >= 4 is 6.01 Å². The van der Waals surface area contributed by atoms with Crippen molar-refractivity contribution in [3.8, 4) is 0 Å². The molecule has 8 aromatic heterocycles. The van der Waals surface area contributed by atoms with Gasteiger partial charge in [-0.15, -0.1) is 71.4 Å². The van der Waals surface area contributed by atoms with Crippen molar-refractivity contribution in [3.63, 3.8) is 0 Å². The summed E-state index contributed by atoms with van der Waals surface area (Å²) in [7, 11) is 3.95. The van der Waals surface area contributed by atoms with Gasteiger partial charge in [0.15, 0.2) is 0 Å². The van der Waals surface area contributed by atoms with Crippen molar-refractivity contribution in [2.24, 2.45) is 0 Å². The van der Waals surface area contributed by atoms with Gasteiger partial charge in [-0.2, -0.15) is 0 Å². The number of nitrogens with zero attached hydrogens (tertiary/aromatic N) is 18. The summed E-state index contributed by atoms with van der Waals surface area (Å²) in [6.45, 7) is 65.9. The van der Waals surface area contributed by atoms with Crippen molar-refractivity contribution in [2.45, 2.75) is 287 Å². The lowest BCUT2D eigenvalue weighted by Gasteiger charge is -2.23. The minimum absolute atomic E-state index is 0.00919. The fraction of sp³-hybridized carbons (Fsp3) is 0.738. The summed E-state index contributed by atoms with van der Waals surface area (Å²) in [4.78, 5) is 5.01. The molecular formula is C65H109N19O8. The molecule has 1 saturated carbocycles. The summed E-state index contributed by atoms with van der Waals surface area (Å²) in [6.07, 6.45) is 6.38. The molecule has 0 spiro atoms. The van der Waals surface area contributed by atoms with Crippen LogP contribution in [0.3, 0.4) is 0 Å². The molecule has 1 N–H and O–H groups in total. The summed E-state index contributed by atoms with van der Waals surface area (Å²) in [5.74, 6) is 11.1. The summed E-state index contributed by atoms with van der Waals surface area (Å²) in [5, 5.41) is 65.3. The minimum Gasteiger partial charge on any atom is -0.447 e. The van der Waals surface area contributed by atoms with Crippen LogP contribution in [0.2, 0.25) is 0 Å². The molecule has 2 fully saturated rings. The Kier molecular flexibility index (Phi) is 28.2. The first-order chi connectivity index (χ1) is 42.1. The Morgan fingerprint density at radius 1 is 0.435 bits per heavy atom. The van der Waals surface area contributed by atoms with Gasteiger partial charge in [-0.05, 0) is 32.0 Å². The highest BCUT2D eigenvalue weighted by atomic mass is 16.4. The maximum Gasteiger partial charge on any atom is 0.475 e. The lowest BCUT2D eigenvalue weighted by Crippen LogP contribution is -2.40. The number of hydrogen-bond acceptors (Lipinski definition) is 26. The van der Waals surface area contributed by atoms with Crippen LogP contribution in [0.4, 0.5) is 6.01 Å². The second-order valence-electron chi connectivity index (χ2n) is 31.6. The van der Waals surface area contributed by atoms with Crippen molar-refractivity contribution in [3.05, 3.63) is 100 Å². The predicted molar refractivity (Wildman–Crippen MR) is 348 cm³/mol. The molecule has 10 rings (SSSR count). The van der Waals surface area contributed by atoms with Crippen molar-refractivity contribution in [1.29, 1.82) is 0 Å². The van der Waals surface area contributed by atoms with Crippen LogP contribution in [0.1, 0.15) is 306 Å². The van der Waals surface area contributed by atoms with Crippen LogP contribution in [0.5, 0.6) is 0 Å². The van der Waals surface area contributed by atoms with Crippen molar-refractivity contribution < 1.29 is 35.3 Å². The van der Waals surface area contributed by atoms with E-state index in [1.807, 2.05) is 116 Å². The van der Waals surface area contributed by atoms with Crippen LogP contribution in [0.25, 0.3) is 4.85 Å². The SMILES string of the molecule is CC(C)(C)c1nnc(C2CCCC2)o1.CC(C)(C)c1nnc(C2CNC2)o1.CC(C)(C)c1nnco1.CC(C)c1nnc(C(C)(C)C)o1.CN(C)Cc1nnc(C(C)(C)C)o1.Cc1nnc(C(C)(C)C)o1.Cc1nnc(C(C)(C)C)o1.[C-]#[N+]c1nnc(C(C)(C)C)o1. The molecule has 0 aromatic carbocycles. The predicted octanol–water partition coefficient (Wildman–Crippen LogP) is 14.6. The Labute approximate surface area is 545 Å². The monoisotopic (exact) mass is 1280 g/mol. The van der Waals surface area contributed by atoms with E-state index in [0.717, 1.165) is 42.5 Å². The maximum absolute atomic E-state index is 6.59. The first-order valence-electron chi connectivity index (χ1n) is 31.4. The van der Waals surface area contributed by atoms with Crippen LogP contribution in [-0.4, -0.2) is 114 Å². The first kappa shape index (κ1) is 78.8. The van der Waals surface area contributed by atoms with Crippen molar-refractivity contribution in [2.75, 3.05) is 27.2 Å². The van der Waals surface area contributed by atoms with E-state index < -0.39 is 0 Å². The molecule has 1 aliphatic carbocycles. The van der Waals surface area contributed by atoms with E-state index in [2.05, 4.69) is 175 Å². The second-order valence-corrected chi connectivity index (χ2v) is 31.6. The Morgan fingerprint density at radius 3 is 1.05 bits per heavy atom. The van der Waals surface area contributed by atoms with E-state index >= 15 is 0 Å². The second kappa shape index (κ2) is 32.9. The number of rotatable bonds is 5. The fourth-order valence-corrected chi connectivity index (χ4v) is 6.97. The third-order valence-electron chi connectivity index (χ3n) is 12.6. The molecule has 27 heteroatoms. The van der Waals surface area contributed by atoms with Gasteiger partial charge in [0.2, 0.25) is 88.9 Å². The molecule has 27 nitrogen and oxygen atoms in total. The molecule has 1 saturated heterocycles. The summed E-state index contributed by atoms with van der Waals surface area (Å²) in [6, 6.07) is 0.00919. The fourth-order valence-electron chi connectivity index (χ4n) is 6.97. The Hall–Kier alpha value is -7.47. The average Bonchev–Trinajstić information content (AvgIpc) is 1.73. The van der Waals surface area contributed by atoms with Crippen LogP contribution >= 0.6 is 0 Å². The molecule has 2 aliphatic rings. The lowest BCUT2D eigenvalue weighted by molar-refractivity contribution is 0.312. The Bertz CT molecular complexity index is 3330. The highest BCUT2D eigenvalue weighted by molar-refractivity contribution is 5.18. The van der Waals surface area contributed by atoms with E-state index in [9.17, 15) is 0 Å². The highest BCUT2D eigenvalue weighted by Crippen LogP contribution is 2.35. The van der Waals surface area contributed by atoms with E-state index in [1.54, 1.807) is 13.8 Å². The standard InChI is InChI=1S/C11H18N2O.C9H15N3O.C9H17N3O.C9H16N2O.C7H9N3O.2C7H12N2O.C6H10N2O/c1-11(2,3)10-13-12-9(14-10)8-6-4-5-7-8;1-9(2,3)8-12-11-7(13-8)6-4-10-5-6;1-9(2,3)8-11-10-7(13-8)6-12(4)5;1-6(2)7-10-11-8(12-7)9(3,4)5;1-7(2,3)5-9-10-6(8-4)11-5;2*1-5-8-9-6(10-5)7(2,3)4;1-6(2,3)5-8-7-4-9-5/h8H,4-7H2,1-3H3;6,10H,4-5H2,1-3H3;6H2,1-5H3;6H,1-5H3;1-3H3;2*1-4H3;4H,1-3H3. The van der Waals surface area contributed by atoms with Crippen LogP contribution < -0.4 is 5.32 Å². The largest absolute Gasteiger partial charge is 0.475 e. The number of nitrogens with one attached hydrogen (secondary N) is 1. The molecule has 512 valence electrons. The van der Waals surface area contributed by atoms with Gasteiger partial charge in [0.05, 0.1) is 12.5 Å². The highest BCUT2D eigenvalue weighted by Gasteiger charge is 2.30. The molecule has 8 aromatic rings. The zero-order valence-electron chi connectivity index (χ0n) is 61.1. The smallest absolute Gasteiger partial charge is 0.447 e. The summed E-state index contributed by atoms with van der Waals surface area (Å²) < 4.78 is 42.7. The van der Waals surface area contributed by atoms with Gasteiger partial charge in [0.25, 0.3) is 0 Å². The molecule has 92 heavy (non-hydrogen) atoms. The van der Waals surface area contributed by atoms with E-state index in [0.29, 0.717) is 77.3 Å². The summed E-state index contributed by atoms with van der Waals surface area (Å²) in [5.41, 5.74) is -0.404. The van der Waals surface area contributed by atoms with Crippen LogP contribution in [0, 0.1) is 20.4 Å². The normalized spacial score (nSPS) is 14.0. The number of aromatic nitrogens is 16. The Morgan fingerprint density at radius 2 is 0.793 bits per heavy atom. The van der Waals surface area contributed by atoms with Gasteiger partial charge in [-0.3, -0.25) is 0 Å². The van der Waals surface area contributed by atoms with Gasteiger partial charge < -0.3 is 50.4 Å². The third-order valence-corrected chi connectivity index (χ3v) is 12.6. The summed E-state index contributed by atoms with van der Waals surface area (Å²) >= 11 is 0. The zero-order valence-corrected chi connectivity index (χ0v) is 61.1. The molecular weight excluding hydrogens is 1170 g/mol.